The molecule has 0 bridgehead atoms. The number of hydrogen-bond acceptors (Lipinski definition) is 8. The Morgan fingerprint density at radius 1 is 1.13 bits per heavy atom. The van der Waals surface area contributed by atoms with Crippen molar-refractivity contribution in [2.45, 2.75) is 19.5 Å². The molecule has 0 aliphatic carbocycles. The van der Waals surface area contributed by atoms with Gasteiger partial charge in [-0.3, -0.25) is 14.6 Å². The van der Waals surface area contributed by atoms with Crippen LogP contribution in [0.5, 0.6) is 0 Å². The zero-order valence-corrected chi connectivity index (χ0v) is 21.5. The molecular weight excluding hydrogens is 513 g/mol. The molecule has 208 valence electrons. The zero-order chi connectivity index (χ0) is 28.7. The van der Waals surface area contributed by atoms with Gasteiger partial charge in [0.1, 0.15) is 23.9 Å². The molecule has 10 nitrogen and oxygen atoms in total. The Morgan fingerprint density at radius 2 is 1.87 bits per heavy atom. The van der Waals surface area contributed by atoms with Gasteiger partial charge in [0, 0.05) is 37.2 Å². The van der Waals surface area contributed by atoms with Crippen LogP contribution in [-0.4, -0.2) is 62.7 Å². The highest BCUT2D eigenvalue weighted by atomic mass is 19.4. The van der Waals surface area contributed by atoms with Gasteiger partial charge in [0.05, 0.1) is 11.9 Å². The van der Waals surface area contributed by atoms with Crippen LogP contribution in [0.15, 0.2) is 76.6 Å². The average Bonchev–Trinajstić information content (AvgIpc) is 2.91. The minimum absolute atomic E-state index is 0.157. The molecule has 13 heteroatoms. The van der Waals surface area contributed by atoms with E-state index in [4.69, 9.17) is 0 Å². The maximum Gasteiger partial charge on any atom is 0.421 e. The molecule has 1 aromatic heterocycles. The molecule has 1 aromatic carbocycles. The number of halogens is 3. The van der Waals surface area contributed by atoms with E-state index in [1.807, 2.05) is 11.8 Å². The van der Waals surface area contributed by atoms with Gasteiger partial charge in [-0.05, 0) is 49.5 Å². The van der Waals surface area contributed by atoms with Crippen LogP contribution in [0.2, 0.25) is 0 Å². The first-order valence-electron chi connectivity index (χ1n) is 11.9. The first-order valence-corrected chi connectivity index (χ1v) is 11.9. The van der Waals surface area contributed by atoms with Crippen LogP contribution in [-0.2, 0) is 9.59 Å². The topological polar surface area (TPSA) is 123 Å². The van der Waals surface area contributed by atoms with Gasteiger partial charge in [-0.15, -0.1) is 0 Å². The van der Waals surface area contributed by atoms with Crippen molar-refractivity contribution in [3.8, 4) is 0 Å². The number of allylic oxidation sites excluding steroid dienone is 1. The van der Waals surface area contributed by atoms with Crippen molar-refractivity contribution >= 4 is 48.1 Å². The predicted molar refractivity (Wildman–Crippen MR) is 149 cm³/mol. The molecule has 0 unspecified atom stereocenters. The van der Waals surface area contributed by atoms with Crippen LogP contribution in [0.25, 0.3) is 0 Å². The SMILES string of the molecule is C=CC(=O)Nc1cccc(N/C(N=C)=C(/C=N\CNc2ccc(N(CCC)CCNC=O)nc2)C(F)(F)F)c1. The lowest BCUT2D eigenvalue weighted by atomic mass is 10.2. The minimum Gasteiger partial charge on any atom is -0.365 e. The van der Waals surface area contributed by atoms with Crippen LogP contribution >= 0.6 is 0 Å². The summed E-state index contributed by atoms with van der Waals surface area (Å²) in [4.78, 5) is 35.8. The maximum atomic E-state index is 13.8. The number of aromatic nitrogens is 1. The molecule has 2 rings (SSSR count). The van der Waals surface area contributed by atoms with Crippen LogP contribution in [0.3, 0.4) is 0 Å². The summed E-state index contributed by atoms with van der Waals surface area (Å²) in [5.74, 6) is -0.304. The van der Waals surface area contributed by atoms with Crippen molar-refractivity contribution in [2.24, 2.45) is 9.98 Å². The number of amides is 2. The Balaban J connectivity index is 2.11. The lowest BCUT2D eigenvalue weighted by Crippen LogP contribution is -2.32. The lowest BCUT2D eigenvalue weighted by Gasteiger charge is -2.23. The Bertz CT molecular complexity index is 1180. The van der Waals surface area contributed by atoms with Gasteiger partial charge in [-0.25, -0.2) is 9.98 Å². The van der Waals surface area contributed by atoms with E-state index in [1.165, 1.54) is 12.1 Å². The summed E-state index contributed by atoms with van der Waals surface area (Å²) in [6, 6.07) is 9.59. The molecule has 0 aliphatic heterocycles. The molecule has 0 atom stereocenters. The van der Waals surface area contributed by atoms with E-state index in [2.05, 4.69) is 49.5 Å². The molecule has 0 saturated heterocycles. The number of pyridine rings is 1. The number of nitrogens with one attached hydrogen (secondary N) is 4. The van der Waals surface area contributed by atoms with E-state index < -0.39 is 23.5 Å². The van der Waals surface area contributed by atoms with E-state index in [1.54, 1.807) is 30.5 Å². The summed E-state index contributed by atoms with van der Waals surface area (Å²) in [6.45, 7) is 10.3. The van der Waals surface area contributed by atoms with Gasteiger partial charge in [0.15, 0.2) is 0 Å². The third kappa shape index (κ3) is 10.3. The fourth-order valence-corrected chi connectivity index (χ4v) is 3.29. The standard InChI is InChI=1S/C26H31F3N8O2/c1-4-12-37(13-11-31-18-38)23-10-9-21(15-33-23)34-17-32-16-22(26(27,28)29)25(30-3)36-20-8-6-7-19(14-20)35-24(39)5-2/h5-10,14-16,18,34,36H,2-4,11-13,17H2,1H3,(H,31,38)(H,35,39)/b25-22-,32-16-. The quantitative estimate of drug-likeness (QED) is 0.109. The number of nitrogens with zero attached hydrogens (tertiary/aromatic N) is 4. The number of hydrogen-bond donors (Lipinski definition) is 4. The third-order valence-corrected chi connectivity index (χ3v) is 5.07. The predicted octanol–water partition coefficient (Wildman–Crippen LogP) is 4.20. The lowest BCUT2D eigenvalue weighted by molar-refractivity contribution is -0.112. The molecule has 4 N–H and O–H groups in total. The molecule has 0 radical (unpaired) electrons. The van der Waals surface area contributed by atoms with E-state index in [-0.39, 0.29) is 12.4 Å². The molecule has 1 heterocycles. The summed E-state index contributed by atoms with van der Waals surface area (Å²) in [5.41, 5.74) is 0.0366. The summed E-state index contributed by atoms with van der Waals surface area (Å²) < 4.78 is 41.4. The molecule has 0 saturated carbocycles. The number of benzene rings is 1. The summed E-state index contributed by atoms with van der Waals surface area (Å²) >= 11 is 0. The zero-order valence-electron chi connectivity index (χ0n) is 21.5. The van der Waals surface area contributed by atoms with E-state index >= 15 is 0 Å². The molecule has 0 fully saturated rings. The fourth-order valence-electron chi connectivity index (χ4n) is 3.29. The van der Waals surface area contributed by atoms with Gasteiger partial charge in [-0.1, -0.05) is 19.6 Å². The number of carbonyl (C=O) groups is 2. The highest BCUT2D eigenvalue weighted by molar-refractivity contribution is 5.99. The number of carbonyl (C=O) groups excluding carboxylic acids is 2. The van der Waals surface area contributed by atoms with Crippen molar-refractivity contribution in [2.75, 3.05) is 47.2 Å². The van der Waals surface area contributed by atoms with Gasteiger partial charge in [0.25, 0.3) is 0 Å². The number of aliphatic imine (C=N–C) groups is 2. The first-order chi connectivity index (χ1) is 18.7. The first kappa shape index (κ1) is 30.5. The van der Waals surface area contributed by atoms with Crippen molar-refractivity contribution < 1.29 is 22.8 Å². The third-order valence-electron chi connectivity index (χ3n) is 5.07. The van der Waals surface area contributed by atoms with Crippen LogP contribution in [0.1, 0.15) is 13.3 Å². The van der Waals surface area contributed by atoms with Gasteiger partial charge in [0.2, 0.25) is 12.3 Å². The fraction of sp³-hybridized carbons (Fsp3) is 0.269. The van der Waals surface area contributed by atoms with Crippen LogP contribution in [0, 0.1) is 0 Å². The van der Waals surface area contributed by atoms with Crippen LogP contribution < -0.4 is 26.2 Å². The highest BCUT2D eigenvalue weighted by Crippen LogP contribution is 2.29. The van der Waals surface area contributed by atoms with Gasteiger partial charge < -0.3 is 26.2 Å². The molecule has 0 spiro atoms. The average molecular weight is 545 g/mol. The molecule has 2 amide bonds. The molecule has 39 heavy (non-hydrogen) atoms. The van der Waals surface area contributed by atoms with Crippen molar-refractivity contribution in [3.05, 3.63) is 66.6 Å². The summed E-state index contributed by atoms with van der Waals surface area (Å²) in [5, 5.41) is 10.6. The second kappa shape index (κ2) is 15.5. The highest BCUT2D eigenvalue weighted by Gasteiger charge is 2.35. The Morgan fingerprint density at radius 3 is 2.46 bits per heavy atom. The maximum absolute atomic E-state index is 13.8. The van der Waals surface area contributed by atoms with E-state index in [0.29, 0.717) is 42.9 Å². The van der Waals surface area contributed by atoms with Crippen molar-refractivity contribution in [1.29, 1.82) is 0 Å². The van der Waals surface area contributed by atoms with Crippen molar-refractivity contribution in [3.63, 3.8) is 0 Å². The van der Waals surface area contributed by atoms with Crippen molar-refractivity contribution in [1.82, 2.24) is 10.3 Å². The number of anilines is 4. The monoisotopic (exact) mass is 544 g/mol. The van der Waals surface area contributed by atoms with Gasteiger partial charge >= 0.3 is 6.18 Å². The Labute approximate surface area is 224 Å². The van der Waals surface area contributed by atoms with Gasteiger partial charge in [-0.2, -0.15) is 13.2 Å². The molecule has 2 aromatic rings. The summed E-state index contributed by atoms with van der Waals surface area (Å²) in [7, 11) is 0. The smallest absolute Gasteiger partial charge is 0.365 e. The largest absolute Gasteiger partial charge is 0.421 e. The van der Waals surface area contributed by atoms with Crippen LogP contribution in [0.4, 0.5) is 36.1 Å². The second-order valence-corrected chi connectivity index (χ2v) is 7.93. The normalized spacial score (nSPS) is 11.8. The number of alkyl halides is 3. The molecule has 0 aliphatic rings. The van der Waals surface area contributed by atoms with E-state index in [9.17, 15) is 22.8 Å². The Hall–Kier alpha value is -4.68. The molecular formula is C26H31F3N8O2. The van der Waals surface area contributed by atoms with E-state index in [0.717, 1.165) is 19.0 Å². The minimum atomic E-state index is -4.77. The summed E-state index contributed by atoms with van der Waals surface area (Å²) in [6.07, 6.45) is 0.0467. The Kier molecular flexibility index (Phi) is 12.2. The second-order valence-electron chi connectivity index (χ2n) is 7.93. The number of rotatable bonds is 16.